The Morgan fingerprint density at radius 3 is 2.15 bits per heavy atom. The molecule has 1 aliphatic rings. The van der Waals surface area contributed by atoms with Crippen LogP contribution in [0.2, 0.25) is 0 Å². The summed E-state index contributed by atoms with van der Waals surface area (Å²) in [5, 5.41) is 1.87. The molecule has 1 aromatic rings. The van der Waals surface area contributed by atoms with Crippen LogP contribution in [-0.4, -0.2) is 31.2 Å². The highest BCUT2D eigenvalue weighted by Gasteiger charge is 2.13. The van der Waals surface area contributed by atoms with Crippen LogP contribution in [0.3, 0.4) is 0 Å². The van der Waals surface area contributed by atoms with Crippen molar-refractivity contribution in [1.82, 2.24) is 5.01 Å². The zero-order valence-electron chi connectivity index (χ0n) is 7.69. The number of para-hydroxylation sites is 1. The fourth-order valence-electron chi connectivity index (χ4n) is 1.62. The Morgan fingerprint density at radius 1 is 0.923 bits per heavy atom. The van der Waals surface area contributed by atoms with Gasteiger partial charge in [0.15, 0.2) is 0 Å². The van der Waals surface area contributed by atoms with Crippen molar-refractivity contribution in [3.63, 3.8) is 0 Å². The minimum atomic E-state index is 0.953. The van der Waals surface area contributed by atoms with Gasteiger partial charge in [-0.3, -0.25) is 5.84 Å². The molecule has 0 saturated carbocycles. The van der Waals surface area contributed by atoms with Crippen LogP contribution in [0.1, 0.15) is 0 Å². The van der Waals surface area contributed by atoms with Gasteiger partial charge >= 0.3 is 0 Å². The molecule has 0 bridgehead atoms. The van der Waals surface area contributed by atoms with E-state index in [1.54, 1.807) is 0 Å². The Labute approximate surface area is 78.7 Å². The van der Waals surface area contributed by atoms with Crippen molar-refractivity contribution in [2.75, 3.05) is 31.1 Å². The number of hydrogen-bond acceptors (Lipinski definition) is 3. The fraction of sp³-hybridized carbons (Fsp3) is 0.400. The van der Waals surface area contributed by atoms with Crippen molar-refractivity contribution in [3.05, 3.63) is 30.3 Å². The Hall–Kier alpha value is -1.06. The number of nitrogens with zero attached hydrogens (tertiary/aromatic N) is 2. The van der Waals surface area contributed by atoms with E-state index in [1.165, 1.54) is 5.69 Å². The highest BCUT2D eigenvalue weighted by atomic mass is 15.4. The number of anilines is 1. The van der Waals surface area contributed by atoms with Gasteiger partial charge in [-0.1, -0.05) is 18.2 Å². The van der Waals surface area contributed by atoms with E-state index in [1.807, 2.05) is 11.1 Å². The van der Waals surface area contributed by atoms with Crippen LogP contribution in [0.25, 0.3) is 0 Å². The maximum absolute atomic E-state index is 5.68. The molecule has 3 heteroatoms. The summed E-state index contributed by atoms with van der Waals surface area (Å²) in [6.45, 7) is 3.96. The first-order chi connectivity index (χ1) is 6.36. The van der Waals surface area contributed by atoms with E-state index in [0.717, 1.165) is 26.2 Å². The predicted octanol–water partition coefficient (Wildman–Crippen LogP) is 0.682. The second-order valence-corrected chi connectivity index (χ2v) is 3.36. The molecule has 0 amide bonds. The highest BCUT2D eigenvalue weighted by Crippen LogP contribution is 2.14. The SMILES string of the molecule is NN1CCN(c2ccccc2)CC1. The van der Waals surface area contributed by atoms with Crippen molar-refractivity contribution in [2.45, 2.75) is 0 Å². The standard InChI is InChI=1S/C10H15N3/c11-13-8-6-12(7-9-13)10-4-2-1-3-5-10/h1-5H,6-9,11H2. The normalized spacial score (nSPS) is 19.0. The first-order valence-electron chi connectivity index (χ1n) is 4.66. The molecular weight excluding hydrogens is 162 g/mol. The molecule has 0 spiro atoms. The van der Waals surface area contributed by atoms with Gasteiger partial charge in [0, 0.05) is 31.9 Å². The predicted molar refractivity (Wildman–Crippen MR) is 54.4 cm³/mol. The van der Waals surface area contributed by atoms with Crippen LogP contribution in [0, 0.1) is 0 Å². The lowest BCUT2D eigenvalue weighted by atomic mass is 10.2. The summed E-state index contributed by atoms with van der Waals surface area (Å²) in [7, 11) is 0. The molecule has 70 valence electrons. The summed E-state index contributed by atoms with van der Waals surface area (Å²) in [6, 6.07) is 10.5. The van der Waals surface area contributed by atoms with Crippen molar-refractivity contribution >= 4 is 5.69 Å². The largest absolute Gasteiger partial charge is 0.369 e. The minimum Gasteiger partial charge on any atom is -0.369 e. The van der Waals surface area contributed by atoms with Crippen LogP contribution in [0.4, 0.5) is 5.69 Å². The summed E-state index contributed by atoms with van der Waals surface area (Å²) < 4.78 is 0. The van der Waals surface area contributed by atoms with Crippen molar-refractivity contribution < 1.29 is 0 Å². The molecule has 1 fully saturated rings. The van der Waals surface area contributed by atoms with Crippen LogP contribution in [0.15, 0.2) is 30.3 Å². The number of piperazine rings is 1. The Morgan fingerprint density at radius 2 is 1.54 bits per heavy atom. The number of nitrogens with two attached hydrogens (primary N) is 1. The van der Waals surface area contributed by atoms with Crippen LogP contribution >= 0.6 is 0 Å². The van der Waals surface area contributed by atoms with Crippen LogP contribution in [0.5, 0.6) is 0 Å². The van der Waals surface area contributed by atoms with Crippen molar-refractivity contribution in [1.29, 1.82) is 0 Å². The number of hydrazine groups is 1. The van der Waals surface area contributed by atoms with E-state index in [-0.39, 0.29) is 0 Å². The Balaban J connectivity index is 2.03. The van der Waals surface area contributed by atoms with E-state index in [9.17, 15) is 0 Å². The van der Waals surface area contributed by atoms with Gasteiger partial charge < -0.3 is 4.90 Å². The zero-order chi connectivity index (χ0) is 9.10. The van der Waals surface area contributed by atoms with Gasteiger partial charge in [0.2, 0.25) is 0 Å². The molecule has 2 rings (SSSR count). The maximum atomic E-state index is 5.68. The van der Waals surface area contributed by atoms with Gasteiger partial charge in [0.1, 0.15) is 0 Å². The molecule has 2 N–H and O–H groups in total. The van der Waals surface area contributed by atoms with E-state index in [0.29, 0.717) is 0 Å². The maximum Gasteiger partial charge on any atom is 0.0367 e. The van der Waals surface area contributed by atoms with Gasteiger partial charge in [-0.05, 0) is 12.1 Å². The molecule has 0 aromatic heterocycles. The van der Waals surface area contributed by atoms with Gasteiger partial charge in [-0.2, -0.15) is 0 Å². The summed E-state index contributed by atoms with van der Waals surface area (Å²) in [4.78, 5) is 2.36. The summed E-state index contributed by atoms with van der Waals surface area (Å²) >= 11 is 0. The van der Waals surface area contributed by atoms with E-state index in [4.69, 9.17) is 5.84 Å². The van der Waals surface area contributed by atoms with E-state index >= 15 is 0 Å². The number of benzene rings is 1. The molecule has 1 saturated heterocycles. The van der Waals surface area contributed by atoms with Crippen LogP contribution in [-0.2, 0) is 0 Å². The first-order valence-corrected chi connectivity index (χ1v) is 4.66. The second-order valence-electron chi connectivity index (χ2n) is 3.36. The molecule has 1 heterocycles. The first kappa shape index (κ1) is 8.53. The monoisotopic (exact) mass is 177 g/mol. The third kappa shape index (κ3) is 1.99. The third-order valence-corrected chi connectivity index (χ3v) is 2.44. The smallest absolute Gasteiger partial charge is 0.0367 e. The zero-order valence-corrected chi connectivity index (χ0v) is 7.69. The lowest BCUT2D eigenvalue weighted by Gasteiger charge is -2.33. The van der Waals surface area contributed by atoms with Gasteiger partial charge in [0.25, 0.3) is 0 Å². The molecule has 0 atom stereocenters. The summed E-state index contributed by atoms with van der Waals surface area (Å²) in [5.41, 5.74) is 1.30. The minimum absolute atomic E-state index is 0.953. The number of hydrogen-bond donors (Lipinski definition) is 1. The van der Waals surface area contributed by atoms with Crippen molar-refractivity contribution in [2.24, 2.45) is 5.84 Å². The van der Waals surface area contributed by atoms with Crippen LogP contribution < -0.4 is 10.7 Å². The molecular formula is C10H15N3. The Bertz CT molecular complexity index is 252. The lowest BCUT2D eigenvalue weighted by molar-refractivity contribution is 0.266. The molecule has 0 unspecified atom stereocenters. The molecule has 3 nitrogen and oxygen atoms in total. The Kier molecular flexibility index (Phi) is 2.47. The molecule has 13 heavy (non-hydrogen) atoms. The molecule has 0 radical (unpaired) electrons. The summed E-state index contributed by atoms with van der Waals surface area (Å²) in [5.74, 6) is 5.68. The summed E-state index contributed by atoms with van der Waals surface area (Å²) in [6.07, 6.45) is 0. The van der Waals surface area contributed by atoms with Crippen molar-refractivity contribution in [3.8, 4) is 0 Å². The lowest BCUT2D eigenvalue weighted by Crippen LogP contribution is -2.49. The number of rotatable bonds is 1. The molecule has 1 aromatic carbocycles. The van der Waals surface area contributed by atoms with E-state index < -0.39 is 0 Å². The van der Waals surface area contributed by atoms with Gasteiger partial charge in [0.05, 0.1) is 0 Å². The topological polar surface area (TPSA) is 32.5 Å². The quantitative estimate of drug-likeness (QED) is 0.640. The molecule has 0 aliphatic carbocycles. The van der Waals surface area contributed by atoms with Gasteiger partial charge in [-0.25, -0.2) is 5.01 Å². The highest BCUT2D eigenvalue weighted by molar-refractivity contribution is 5.46. The fourth-order valence-corrected chi connectivity index (χ4v) is 1.62. The average molecular weight is 177 g/mol. The van der Waals surface area contributed by atoms with E-state index in [2.05, 4.69) is 29.2 Å². The second kappa shape index (κ2) is 3.77. The van der Waals surface area contributed by atoms with Gasteiger partial charge in [-0.15, -0.1) is 0 Å². The third-order valence-electron chi connectivity index (χ3n) is 2.44. The average Bonchev–Trinajstić information content (AvgIpc) is 2.20. The molecule has 1 aliphatic heterocycles.